The number of esters is 1. The van der Waals surface area contributed by atoms with Crippen LogP contribution in [0.2, 0.25) is 0 Å². The lowest BCUT2D eigenvalue weighted by molar-refractivity contribution is -0.147. The number of para-hydroxylation sites is 1. The maximum Gasteiger partial charge on any atom is 0.306 e. The van der Waals surface area contributed by atoms with Crippen LogP contribution in [0.4, 0.5) is 5.69 Å². The first-order valence-corrected chi connectivity index (χ1v) is 10.6. The van der Waals surface area contributed by atoms with E-state index in [-0.39, 0.29) is 18.6 Å². The number of ketones is 1. The normalized spacial score (nSPS) is 10.4. The predicted molar refractivity (Wildman–Crippen MR) is 125 cm³/mol. The summed E-state index contributed by atoms with van der Waals surface area (Å²) in [4.78, 5) is 36.8. The number of anilines is 1. The van der Waals surface area contributed by atoms with Crippen molar-refractivity contribution < 1.29 is 19.1 Å². The minimum atomic E-state index is -0.573. The van der Waals surface area contributed by atoms with Crippen LogP contribution in [0.3, 0.4) is 0 Å². The van der Waals surface area contributed by atoms with Gasteiger partial charge in [0.1, 0.15) is 0 Å². The van der Waals surface area contributed by atoms with Crippen LogP contribution >= 0.6 is 0 Å². The molecule has 5 nitrogen and oxygen atoms in total. The van der Waals surface area contributed by atoms with Crippen LogP contribution < -0.4 is 5.32 Å². The summed E-state index contributed by atoms with van der Waals surface area (Å²) in [7, 11) is 0. The molecule has 0 unspecified atom stereocenters. The fraction of sp³-hybridized carbons (Fsp3) is 0.222. The van der Waals surface area contributed by atoms with Crippen molar-refractivity contribution in [1.29, 1.82) is 0 Å². The first kappa shape index (κ1) is 22.9. The minimum Gasteiger partial charge on any atom is -0.456 e. The molecule has 3 aromatic carbocycles. The van der Waals surface area contributed by atoms with E-state index >= 15 is 0 Å². The van der Waals surface area contributed by atoms with Gasteiger partial charge in [0.05, 0.1) is 6.42 Å². The molecule has 164 valence electrons. The van der Waals surface area contributed by atoms with E-state index in [9.17, 15) is 14.4 Å². The molecule has 5 heteroatoms. The molecule has 0 saturated heterocycles. The molecule has 32 heavy (non-hydrogen) atoms. The molecule has 0 bridgehead atoms. The second-order valence-corrected chi connectivity index (χ2v) is 7.77. The summed E-state index contributed by atoms with van der Waals surface area (Å²) in [5.41, 5.74) is 5.27. The zero-order valence-corrected chi connectivity index (χ0v) is 18.4. The van der Waals surface area contributed by atoms with Crippen molar-refractivity contribution >= 4 is 23.3 Å². The van der Waals surface area contributed by atoms with Gasteiger partial charge in [-0.3, -0.25) is 14.4 Å². The monoisotopic (exact) mass is 429 g/mol. The van der Waals surface area contributed by atoms with Crippen LogP contribution in [0.25, 0.3) is 0 Å². The average Bonchev–Trinajstić information content (AvgIpc) is 2.79. The van der Waals surface area contributed by atoms with Gasteiger partial charge in [-0.1, -0.05) is 66.2 Å². The smallest absolute Gasteiger partial charge is 0.306 e. The Morgan fingerprint density at radius 1 is 0.844 bits per heavy atom. The van der Waals surface area contributed by atoms with Gasteiger partial charge in [-0.25, -0.2) is 0 Å². The van der Waals surface area contributed by atoms with Crippen molar-refractivity contribution in [3.8, 4) is 0 Å². The third kappa shape index (κ3) is 6.64. The molecule has 0 aromatic heterocycles. The summed E-state index contributed by atoms with van der Waals surface area (Å²) in [5, 5.41) is 2.81. The number of carbonyl (C=O) groups excluding carboxylic acids is 3. The van der Waals surface area contributed by atoms with Crippen molar-refractivity contribution in [2.75, 3.05) is 11.9 Å². The summed E-state index contributed by atoms with van der Waals surface area (Å²) in [5.74, 6) is -1.10. The number of benzene rings is 3. The molecule has 0 fully saturated rings. The summed E-state index contributed by atoms with van der Waals surface area (Å²) in [6.07, 6.45) is 0.659. The lowest BCUT2D eigenvalue weighted by Gasteiger charge is -2.12. The first-order valence-electron chi connectivity index (χ1n) is 10.6. The highest BCUT2D eigenvalue weighted by atomic mass is 16.5. The first-order chi connectivity index (χ1) is 15.4. The molecule has 0 atom stereocenters. The molecule has 0 radical (unpaired) electrons. The van der Waals surface area contributed by atoms with E-state index in [0.29, 0.717) is 17.7 Å². The molecule has 1 amide bonds. The van der Waals surface area contributed by atoms with E-state index in [2.05, 4.69) is 5.32 Å². The van der Waals surface area contributed by atoms with E-state index in [1.54, 1.807) is 0 Å². The topological polar surface area (TPSA) is 72.5 Å². The Hall–Kier alpha value is -3.73. The van der Waals surface area contributed by atoms with Gasteiger partial charge in [-0.05, 0) is 49.1 Å². The van der Waals surface area contributed by atoms with Gasteiger partial charge in [0.25, 0.3) is 5.91 Å². The summed E-state index contributed by atoms with van der Waals surface area (Å²) >= 11 is 0. The van der Waals surface area contributed by atoms with Crippen LogP contribution in [0, 0.1) is 13.8 Å². The third-order valence-electron chi connectivity index (χ3n) is 5.14. The third-order valence-corrected chi connectivity index (χ3v) is 5.14. The van der Waals surface area contributed by atoms with Crippen molar-refractivity contribution in [3.63, 3.8) is 0 Å². The van der Waals surface area contributed by atoms with Gasteiger partial charge in [0.15, 0.2) is 12.4 Å². The Kier molecular flexibility index (Phi) is 7.92. The van der Waals surface area contributed by atoms with E-state index in [1.807, 2.05) is 86.6 Å². The van der Waals surface area contributed by atoms with Gasteiger partial charge in [-0.15, -0.1) is 0 Å². The van der Waals surface area contributed by atoms with Crippen LogP contribution in [-0.4, -0.2) is 24.3 Å². The van der Waals surface area contributed by atoms with Gasteiger partial charge >= 0.3 is 5.97 Å². The second kappa shape index (κ2) is 11.0. The lowest BCUT2D eigenvalue weighted by atomic mass is 9.99. The summed E-state index contributed by atoms with van der Waals surface area (Å²) in [6.45, 7) is 3.39. The molecule has 0 saturated carbocycles. The summed E-state index contributed by atoms with van der Waals surface area (Å²) < 4.78 is 5.07. The molecule has 0 aliphatic heterocycles. The molecule has 0 aliphatic carbocycles. The van der Waals surface area contributed by atoms with Gasteiger partial charge < -0.3 is 10.1 Å². The summed E-state index contributed by atoms with van der Waals surface area (Å²) in [6, 6.07) is 23.1. The Morgan fingerprint density at radius 3 is 2.34 bits per heavy atom. The van der Waals surface area contributed by atoms with Crippen molar-refractivity contribution in [3.05, 3.63) is 101 Å². The zero-order chi connectivity index (χ0) is 22.9. The molecule has 3 aromatic rings. The number of nitrogens with one attached hydrogen (secondary N) is 1. The van der Waals surface area contributed by atoms with Crippen molar-refractivity contribution in [1.82, 2.24) is 0 Å². The van der Waals surface area contributed by atoms with Gasteiger partial charge in [0, 0.05) is 17.7 Å². The highest BCUT2D eigenvalue weighted by Gasteiger charge is 2.14. The number of rotatable bonds is 9. The molecule has 1 N–H and O–H groups in total. The average molecular weight is 430 g/mol. The standard InChI is InChI=1S/C27H27NO4/c1-19-12-13-20(2)23(16-19)25(29)14-15-27(31)32-18-26(30)28-24-11-7-6-10-22(24)17-21-8-4-3-5-9-21/h3-13,16H,14-15,17-18H2,1-2H3,(H,28,30). The number of ether oxygens (including phenoxy) is 1. The number of hydrogen-bond acceptors (Lipinski definition) is 4. The van der Waals surface area contributed by atoms with Crippen LogP contribution in [-0.2, 0) is 20.7 Å². The van der Waals surface area contributed by atoms with Crippen LogP contribution in [0.1, 0.15) is 45.5 Å². The Labute approximate surface area is 188 Å². The fourth-order valence-corrected chi connectivity index (χ4v) is 3.40. The van der Waals surface area contributed by atoms with E-state index in [0.717, 1.165) is 22.3 Å². The molecule has 3 rings (SSSR count). The maximum atomic E-state index is 12.4. The Morgan fingerprint density at radius 2 is 1.56 bits per heavy atom. The van der Waals surface area contributed by atoms with E-state index in [1.165, 1.54) is 0 Å². The predicted octanol–water partition coefficient (Wildman–Crippen LogP) is 5.04. The van der Waals surface area contributed by atoms with E-state index in [4.69, 9.17) is 4.74 Å². The second-order valence-electron chi connectivity index (χ2n) is 7.77. The number of hydrogen-bond donors (Lipinski definition) is 1. The maximum absolute atomic E-state index is 12.4. The van der Waals surface area contributed by atoms with Crippen LogP contribution in [0.5, 0.6) is 0 Å². The zero-order valence-electron chi connectivity index (χ0n) is 18.4. The van der Waals surface area contributed by atoms with Crippen molar-refractivity contribution in [2.45, 2.75) is 33.1 Å². The van der Waals surface area contributed by atoms with Crippen LogP contribution in [0.15, 0.2) is 72.8 Å². The quantitative estimate of drug-likeness (QED) is 0.382. The molecule has 0 heterocycles. The highest BCUT2D eigenvalue weighted by molar-refractivity contribution is 5.99. The Bertz CT molecular complexity index is 1110. The number of aryl methyl sites for hydroxylation is 2. The molecular weight excluding hydrogens is 402 g/mol. The molecule has 0 aliphatic rings. The minimum absolute atomic E-state index is 0.0463. The Balaban J connectivity index is 1.48. The van der Waals surface area contributed by atoms with E-state index < -0.39 is 18.5 Å². The SMILES string of the molecule is Cc1ccc(C)c(C(=O)CCC(=O)OCC(=O)Nc2ccccc2Cc2ccccc2)c1. The largest absolute Gasteiger partial charge is 0.456 e. The number of carbonyl (C=O) groups is 3. The highest BCUT2D eigenvalue weighted by Crippen LogP contribution is 2.19. The molecular formula is C27H27NO4. The van der Waals surface area contributed by atoms with Crippen molar-refractivity contribution in [2.24, 2.45) is 0 Å². The lowest BCUT2D eigenvalue weighted by Crippen LogP contribution is -2.21. The number of amides is 1. The van der Waals surface area contributed by atoms with Gasteiger partial charge in [0.2, 0.25) is 0 Å². The molecule has 0 spiro atoms. The van der Waals surface area contributed by atoms with Gasteiger partial charge in [-0.2, -0.15) is 0 Å². The fourth-order valence-electron chi connectivity index (χ4n) is 3.40. The number of Topliss-reactive ketones (excluding diaryl/α,β-unsaturated/α-hetero) is 1.